The predicted molar refractivity (Wildman–Crippen MR) is 229 cm³/mol. The number of fused-ring (bicyclic) bond motifs is 3. The number of hydrogen-bond donors (Lipinski definition) is 0. The van der Waals surface area contributed by atoms with Crippen LogP contribution in [0.3, 0.4) is 0 Å². The lowest BCUT2D eigenvalue weighted by Gasteiger charge is -2.29. The number of nitrogens with zero attached hydrogens (tertiary/aromatic N) is 1. The molecule has 0 fully saturated rings. The maximum atomic E-state index is 8.91. The maximum Gasteiger partial charge on any atom is 0.0626 e. The fourth-order valence-corrected chi connectivity index (χ4v) is 7.48. The summed E-state index contributed by atoms with van der Waals surface area (Å²) in [5, 5.41) is 2.18. The number of aromatic nitrogens is 1. The molecule has 1 heterocycles. The molecule has 1 aromatic heterocycles. The Balaban J connectivity index is 1.85. The van der Waals surface area contributed by atoms with Crippen LogP contribution in [0.25, 0.3) is 38.6 Å². The van der Waals surface area contributed by atoms with Crippen LogP contribution in [-0.2, 0) is 33.5 Å². The predicted octanol–water partition coefficient (Wildman–Crippen LogP) is 14.5. The second-order valence-corrected chi connectivity index (χ2v) is 20.1. The highest BCUT2D eigenvalue weighted by molar-refractivity contribution is 6.14. The Morgan fingerprint density at radius 3 is 1.46 bits per heavy atom. The molecule has 0 aliphatic rings. The zero-order valence-electron chi connectivity index (χ0n) is 39.5. The van der Waals surface area contributed by atoms with Crippen molar-refractivity contribution < 1.29 is 6.85 Å². The minimum atomic E-state index is -0.372. The highest BCUT2D eigenvalue weighted by Gasteiger charge is 2.30. The van der Waals surface area contributed by atoms with Crippen LogP contribution in [0.5, 0.6) is 0 Å². The first-order valence-corrected chi connectivity index (χ1v) is 19.0. The summed E-state index contributed by atoms with van der Waals surface area (Å²) >= 11 is 0. The third kappa shape index (κ3) is 7.26. The molecule has 6 rings (SSSR count). The van der Waals surface area contributed by atoms with Crippen LogP contribution in [0.4, 0.5) is 0 Å². The van der Waals surface area contributed by atoms with E-state index in [1.54, 1.807) is 0 Å². The molecular weight excluding hydrogens is 627 g/mol. The van der Waals surface area contributed by atoms with Crippen molar-refractivity contribution in [2.45, 2.75) is 137 Å². The molecule has 1 heteroatoms. The summed E-state index contributed by atoms with van der Waals surface area (Å²) in [4.78, 5) is 0. The van der Waals surface area contributed by atoms with E-state index in [4.69, 9.17) is 6.85 Å². The van der Waals surface area contributed by atoms with Gasteiger partial charge < -0.3 is 4.57 Å². The lowest BCUT2D eigenvalue weighted by atomic mass is 9.75. The summed E-state index contributed by atoms with van der Waals surface area (Å²) in [6.07, 6.45) is 0.197. The Labute approximate surface area is 322 Å². The topological polar surface area (TPSA) is 4.93 Å². The van der Waals surface area contributed by atoms with Gasteiger partial charge in [-0.15, -0.1) is 0 Å². The molecule has 5 aromatic carbocycles. The lowest BCUT2D eigenvalue weighted by Crippen LogP contribution is -2.18. The summed E-state index contributed by atoms with van der Waals surface area (Å²) in [6, 6.07) is 23.8. The number of rotatable bonds is 4. The van der Waals surface area contributed by atoms with E-state index >= 15 is 0 Å². The van der Waals surface area contributed by atoms with Crippen molar-refractivity contribution in [1.29, 1.82) is 0 Å². The summed E-state index contributed by atoms with van der Waals surface area (Å²) in [5.74, 6) is 0. The van der Waals surface area contributed by atoms with E-state index in [2.05, 4.69) is 175 Å². The van der Waals surface area contributed by atoms with E-state index in [-0.39, 0.29) is 63.7 Å². The second kappa shape index (κ2) is 12.8. The second-order valence-electron chi connectivity index (χ2n) is 20.1. The van der Waals surface area contributed by atoms with Crippen LogP contribution in [0.2, 0.25) is 0 Å². The van der Waals surface area contributed by atoms with Crippen LogP contribution in [0, 0.1) is 0 Å². The van der Waals surface area contributed by atoms with Gasteiger partial charge in [-0.3, -0.25) is 0 Å². The van der Waals surface area contributed by atoms with Gasteiger partial charge in [-0.25, -0.2) is 0 Å². The molecule has 52 heavy (non-hydrogen) atoms. The third-order valence-electron chi connectivity index (χ3n) is 10.6. The Hall–Kier alpha value is -4.10. The molecule has 0 saturated heterocycles. The van der Waals surface area contributed by atoms with Gasteiger partial charge in [0.25, 0.3) is 0 Å². The summed E-state index contributed by atoms with van der Waals surface area (Å²) in [6.45, 7) is 34.2. The molecule has 0 bridgehead atoms. The van der Waals surface area contributed by atoms with Crippen molar-refractivity contribution in [3.05, 3.63) is 136 Å². The van der Waals surface area contributed by atoms with Crippen LogP contribution in [0.15, 0.2) is 96.9 Å². The van der Waals surface area contributed by atoms with E-state index in [9.17, 15) is 0 Å². The van der Waals surface area contributed by atoms with Crippen LogP contribution in [0.1, 0.15) is 150 Å². The van der Waals surface area contributed by atoms with Gasteiger partial charge in [0.05, 0.1) is 17.9 Å². The van der Waals surface area contributed by atoms with E-state index in [0.29, 0.717) is 5.56 Å². The summed E-state index contributed by atoms with van der Waals surface area (Å²) < 4.78 is 45.5. The summed E-state index contributed by atoms with van der Waals surface area (Å²) in [7, 11) is 0. The van der Waals surface area contributed by atoms with Gasteiger partial charge in [-0.2, -0.15) is 0 Å². The number of hydrogen-bond acceptors (Lipinski definition) is 0. The standard InChI is InChI=1S/C51H63N/c1-47(2,3)36-27-35(28-37(29-36)48(4,5)6)41-24-25-43-45(46(41)51(13,14)15)44-34(26-33-20-17-16-18-21-33)22-19-23-42(44)52(43)40-31-38(49(7,8)9)30-39(32-40)50(10,11)12/h16-25,27-32H,26H2,1-15H3/i16D,17D,18D,20D,21D. The molecule has 0 N–H and O–H groups in total. The van der Waals surface area contributed by atoms with Crippen LogP contribution < -0.4 is 0 Å². The van der Waals surface area contributed by atoms with Gasteiger partial charge in [0.1, 0.15) is 0 Å². The SMILES string of the molecule is [2H]c1c([2H])c([2H])c(Cc2cccc3c2c2c(C(C)(C)C)c(-c4cc(C(C)(C)C)cc(C(C)(C)C)c4)ccc2n3-c2cc(C(C)(C)C)cc(C(C)(C)C)c2)c([2H])c1[2H]. The van der Waals surface area contributed by atoms with Gasteiger partial charge in [0.15, 0.2) is 0 Å². The first-order valence-electron chi connectivity index (χ1n) is 21.5. The monoisotopic (exact) mass is 695 g/mol. The third-order valence-corrected chi connectivity index (χ3v) is 10.6. The molecule has 0 radical (unpaired) electrons. The summed E-state index contributed by atoms with van der Waals surface area (Å²) in [5.41, 5.74) is 12.5. The van der Waals surface area contributed by atoms with Crippen LogP contribution in [-0.4, -0.2) is 4.57 Å². The Morgan fingerprint density at radius 2 is 0.981 bits per heavy atom. The first-order chi connectivity index (χ1) is 26.0. The van der Waals surface area contributed by atoms with Gasteiger partial charge in [0, 0.05) is 16.5 Å². The highest BCUT2D eigenvalue weighted by Crippen LogP contribution is 2.47. The minimum absolute atomic E-state index is 0.0576. The van der Waals surface area contributed by atoms with E-state index in [1.807, 2.05) is 0 Å². The molecule has 0 spiro atoms. The van der Waals surface area contributed by atoms with Crippen molar-refractivity contribution in [2.75, 3.05) is 0 Å². The van der Waals surface area contributed by atoms with Gasteiger partial charge >= 0.3 is 0 Å². The van der Waals surface area contributed by atoms with Gasteiger partial charge in [-0.1, -0.05) is 177 Å². The molecule has 1 nitrogen and oxygen atoms in total. The largest absolute Gasteiger partial charge is 0.309 e. The smallest absolute Gasteiger partial charge is 0.0626 e. The molecule has 0 atom stereocenters. The molecule has 0 unspecified atom stereocenters. The maximum absolute atomic E-state index is 8.91. The van der Waals surface area contributed by atoms with Crippen molar-refractivity contribution in [3.8, 4) is 16.8 Å². The van der Waals surface area contributed by atoms with E-state index in [0.717, 1.165) is 33.1 Å². The van der Waals surface area contributed by atoms with Gasteiger partial charge in [0.2, 0.25) is 0 Å². The zero-order chi connectivity index (χ0) is 42.5. The quantitative estimate of drug-likeness (QED) is 0.173. The van der Waals surface area contributed by atoms with Crippen molar-refractivity contribution >= 4 is 21.8 Å². The van der Waals surface area contributed by atoms with Crippen molar-refractivity contribution in [1.82, 2.24) is 4.57 Å². The fraction of sp³-hybridized carbons (Fsp3) is 0.412. The van der Waals surface area contributed by atoms with E-state index in [1.165, 1.54) is 38.9 Å². The lowest BCUT2D eigenvalue weighted by molar-refractivity contribution is 0.567. The molecule has 6 aromatic rings. The minimum Gasteiger partial charge on any atom is -0.309 e. The van der Waals surface area contributed by atoms with Crippen molar-refractivity contribution in [3.63, 3.8) is 0 Å². The van der Waals surface area contributed by atoms with E-state index < -0.39 is 0 Å². The molecule has 272 valence electrons. The molecule has 0 saturated carbocycles. The fourth-order valence-electron chi connectivity index (χ4n) is 7.48. The number of benzene rings is 5. The van der Waals surface area contributed by atoms with Gasteiger partial charge in [-0.05, 0) is 108 Å². The zero-order valence-corrected chi connectivity index (χ0v) is 34.5. The normalized spacial score (nSPS) is 14.7. The highest BCUT2D eigenvalue weighted by atomic mass is 15.0. The first kappa shape index (κ1) is 31.4. The Kier molecular flexibility index (Phi) is 7.73. The molecule has 0 amide bonds. The average Bonchev–Trinajstić information content (AvgIpc) is 3.44. The van der Waals surface area contributed by atoms with Crippen LogP contribution >= 0.6 is 0 Å². The van der Waals surface area contributed by atoms with Crippen molar-refractivity contribution in [2.24, 2.45) is 0 Å². The Morgan fingerprint density at radius 1 is 0.500 bits per heavy atom. The molecule has 0 aliphatic heterocycles. The average molecular weight is 695 g/mol. The Bertz CT molecular complexity index is 2460. The molecular formula is C51H63N. The molecule has 0 aliphatic carbocycles.